The van der Waals surface area contributed by atoms with E-state index in [4.69, 9.17) is 30.5 Å². The van der Waals surface area contributed by atoms with Crippen LogP contribution in [0.1, 0.15) is 72.6 Å². The van der Waals surface area contributed by atoms with E-state index in [2.05, 4.69) is 68.7 Å². The average Bonchev–Trinajstić information content (AvgIpc) is 2.78. The van der Waals surface area contributed by atoms with Gasteiger partial charge in [0.25, 0.3) is 0 Å². The molecule has 3 saturated heterocycles. The van der Waals surface area contributed by atoms with Crippen molar-refractivity contribution in [2.24, 2.45) is 17.8 Å². The molecule has 0 aromatic heterocycles. The number of halogens is 2. The Hall–Kier alpha value is 0.160. The Morgan fingerprint density at radius 2 is 1.91 bits per heavy atom. The van der Waals surface area contributed by atoms with E-state index in [-0.39, 0.29) is 29.6 Å². The number of ether oxygens (including phenoxy) is 4. The van der Waals surface area contributed by atoms with Crippen LogP contribution in [0.2, 0.25) is 0 Å². The van der Waals surface area contributed by atoms with Gasteiger partial charge in [0, 0.05) is 17.7 Å². The molecule has 0 aromatic carbocycles. The van der Waals surface area contributed by atoms with Gasteiger partial charge in [0.05, 0.1) is 37.6 Å². The monoisotopic (exact) mass is 578 g/mol. The number of allylic oxidation sites excluding steroid dienone is 1. The van der Waals surface area contributed by atoms with E-state index >= 15 is 0 Å². The van der Waals surface area contributed by atoms with E-state index in [1.807, 2.05) is 0 Å². The number of fused-ring (bicyclic) bond motifs is 1. The minimum Gasteiger partial charge on any atom is -0.372 e. The maximum Gasteiger partial charge on any atom is 0.233 e. The molecule has 182 valence electrons. The highest BCUT2D eigenvalue weighted by molar-refractivity contribution is 14.1. The molecule has 0 bridgehead atoms. The van der Waals surface area contributed by atoms with Crippen LogP contribution in [0.5, 0.6) is 0 Å². The average molecular weight is 579 g/mol. The van der Waals surface area contributed by atoms with E-state index in [1.54, 1.807) is 0 Å². The van der Waals surface area contributed by atoms with Crippen LogP contribution in [0.15, 0.2) is 10.2 Å². The molecule has 0 saturated carbocycles. The van der Waals surface area contributed by atoms with Crippen molar-refractivity contribution in [1.29, 1.82) is 0 Å². The van der Waals surface area contributed by atoms with Gasteiger partial charge in [-0.15, -0.1) is 11.6 Å². The third-order valence-electron chi connectivity index (χ3n) is 7.31. The first-order valence-electron chi connectivity index (χ1n) is 12.3. The summed E-state index contributed by atoms with van der Waals surface area (Å²) in [6.45, 7) is 14.3. The standard InChI is InChI=1S/C26H40ClIO4/c1-6-22-8-9-23-25(31-22)20(5)19(4)24(32-23)17(2)10-12-26(29-14-7-15-30-26)13-11-21(27)16-18(3)28/h17,19-25H,3,6-9,11,13-16H2,1-2,4-5H3/t17-,19-,20+,21+,22-,23-,24-,25+/m0/s1. The maximum absolute atomic E-state index is 6.60. The van der Waals surface area contributed by atoms with E-state index in [0.717, 1.165) is 42.1 Å². The molecular formula is C26H40ClIO4. The summed E-state index contributed by atoms with van der Waals surface area (Å²) in [7, 11) is 0. The third kappa shape index (κ3) is 6.86. The highest BCUT2D eigenvalue weighted by atomic mass is 127. The Balaban J connectivity index is 1.67. The second-order valence-corrected chi connectivity index (χ2v) is 11.9. The molecular weight excluding hydrogens is 539 g/mol. The van der Waals surface area contributed by atoms with Gasteiger partial charge in [-0.05, 0) is 89.4 Å². The van der Waals surface area contributed by atoms with Crippen molar-refractivity contribution in [3.05, 3.63) is 10.2 Å². The van der Waals surface area contributed by atoms with Gasteiger partial charge >= 0.3 is 0 Å². The van der Waals surface area contributed by atoms with Crippen LogP contribution in [0, 0.1) is 29.6 Å². The molecule has 0 aromatic rings. The zero-order chi connectivity index (χ0) is 23.3. The molecule has 0 N–H and O–H groups in total. The normalized spacial score (nSPS) is 36.3. The van der Waals surface area contributed by atoms with Crippen LogP contribution < -0.4 is 0 Å². The fourth-order valence-electron chi connectivity index (χ4n) is 5.15. The second-order valence-electron chi connectivity index (χ2n) is 9.78. The summed E-state index contributed by atoms with van der Waals surface area (Å²) in [6, 6.07) is 0. The first-order chi connectivity index (χ1) is 15.2. The van der Waals surface area contributed by atoms with E-state index < -0.39 is 5.79 Å². The smallest absolute Gasteiger partial charge is 0.233 e. The highest BCUT2D eigenvalue weighted by Crippen LogP contribution is 2.41. The molecule has 3 fully saturated rings. The molecule has 3 aliphatic heterocycles. The number of alkyl halides is 1. The molecule has 32 heavy (non-hydrogen) atoms. The predicted molar refractivity (Wildman–Crippen MR) is 138 cm³/mol. The lowest BCUT2D eigenvalue weighted by Crippen LogP contribution is -2.55. The SMILES string of the molecule is C=C(I)C[C@H](Cl)CCC1(C#C[C@H](C)[C@@H]2O[C@H]3CC[C@H](CC)O[C@@H]3[C@H](C)[C@@H]2C)OCCCO1. The molecule has 3 heterocycles. The Kier molecular flexibility index (Phi) is 10.2. The summed E-state index contributed by atoms with van der Waals surface area (Å²) in [6.07, 6.45) is 7.20. The van der Waals surface area contributed by atoms with Gasteiger partial charge in [-0.3, -0.25) is 0 Å². The lowest BCUT2D eigenvalue weighted by atomic mass is 9.75. The summed E-state index contributed by atoms with van der Waals surface area (Å²) in [5.74, 6) is 6.90. The van der Waals surface area contributed by atoms with Crippen molar-refractivity contribution in [2.75, 3.05) is 13.2 Å². The molecule has 0 spiro atoms. The van der Waals surface area contributed by atoms with Gasteiger partial charge in [-0.1, -0.05) is 33.3 Å². The lowest BCUT2D eigenvalue weighted by molar-refractivity contribution is -0.234. The zero-order valence-corrected chi connectivity index (χ0v) is 23.0. The Bertz CT molecular complexity index is 681. The fraction of sp³-hybridized carbons (Fsp3) is 0.846. The topological polar surface area (TPSA) is 36.9 Å². The summed E-state index contributed by atoms with van der Waals surface area (Å²) < 4.78 is 26.2. The van der Waals surface area contributed by atoms with Crippen molar-refractivity contribution >= 4 is 34.2 Å². The van der Waals surface area contributed by atoms with Crippen molar-refractivity contribution in [3.8, 4) is 11.8 Å². The van der Waals surface area contributed by atoms with Gasteiger partial charge < -0.3 is 18.9 Å². The third-order valence-corrected chi connectivity index (χ3v) is 8.13. The highest BCUT2D eigenvalue weighted by Gasteiger charge is 2.46. The summed E-state index contributed by atoms with van der Waals surface area (Å²) in [5, 5.41) is 0.0161. The predicted octanol–water partition coefficient (Wildman–Crippen LogP) is 6.48. The van der Waals surface area contributed by atoms with Crippen LogP contribution >= 0.6 is 34.2 Å². The van der Waals surface area contributed by atoms with Crippen molar-refractivity contribution < 1.29 is 18.9 Å². The van der Waals surface area contributed by atoms with E-state index in [9.17, 15) is 0 Å². The van der Waals surface area contributed by atoms with Gasteiger partial charge in [-0.25, -0.2) is 0 Å². The van der Waals surface area contributed by atoms with Crippen LogP contribution in [-0.4, -0.2) is 48.8 Å². The summed E-state index contributed by atoms with van der Waals surface area (Å²) in [4.78, 5) is 0. The maximum atomic E-state index is 6.60. The molecule has 4 nitrogen and oxygen atoms in total. The van der Waals surface area contributed by atoms with Gasteiger partial charge in [0.15, 0.2) is 0 Å². The minimum atomic E-state index is -0.861. The van der Waals surface area contributed by atoms with Crippen LogP contribution in [-0.2, 0) is 18.9 Å². The number of hydrogen-bond donors (Lipinski definition) is 0. The first kappa shape index (κ1) is 26.8. The molecule has 0 unspecified atom stereocenters. The first-order valence-corrected chi connectivity index (χ1v) is 13.8. The molecule has 3 aliphatic rings. The van der Waals surface area contributed by atoms with Gasteiger partial charge in [-0.2, -0.15) is 0 Å². The molecule has 3 rings (SSSR count). The Morgan fingerprint density at radius 3 is 2.56 bits per heavy atom. The largest absolute Gasteiger partial charge is 0.372 e. The molecule has 8 atom stereocenters. The molecule has 0 aliphatic carbocycles. The Morgan fingerprint density at radius 1 is 1.19 bits per heavy atom. The van der Waals surface area contributed by atoms with Crippen LogP contribution in [0.25, 0.3) is 0 Å². The molecule has 0 amide bonds. The number of rotatable bonds is 7. The van der Waals surface area contributed by atoms with E-state index in [1.165, 1.54) is 0 Å². The fourth-order valence-corrected chi connectivity index (χ4v) is 6.23. The van der Waals surface area contributed by atoms with Crippen LogP contribution in [0.3, 0.4) is 0 Å². The summed E-state index contributed by atoms with van der Waals surface area (Å²) >= 11 is 8.74. The lowest BCUT2D eigenvalue weighted by Gasteiger charge is -2.49. The molecule has 6 heteroatoms. The summed E-state index contributed by atoms with van der Waals surface area (Å²) in [5.41, 5.74) is 0. The zero-order valence-electron chi connectivity index (χ0n) is 20.1. The van der Waals surface area contributed by atoms with Gasteiger partial charge in [0.1, 0.15) is 0 Å². The van der Waals surface area contributed by atoms with E-state index in [0.29, 0.717) is 37.6 Å². The van der Waals surface area contributed by atoms with Gasteiger partial charge in [0.2, 0.25) is 5.79 Å². The van der Waals surface area contributed by atoms with Crippen LogP contribution in [0.4, 0.5) is 0 Å². The van der Waals surface area contributed by atoms with Crippen molar-refractivity contribution in [1.82, 2.24) is 0 Å². The van der Waals surface area contributed by atoms with Crippen molar-refractivity contribution in [3.63, 3.8) is 0 Å². The number of hydrogen-bond acceptors (Lipinski definition) is 4. The quantitative estimate of drug-likeness (QED) is 0.197. The van der Waals surface area contributed by atoms with Crippen molar-refractivity contribution in [2.45, 2.75) is 108 Å². The Labute approximate surface area is 213 Å². The molecule has 0 radical (unpaired) electrons. The minimum absolute atomic E-state index is 0.0161. The second kappa shape index (κ2) is 12.2.